The molecule has 1 amide bonds. The average Bonchev–Trinajstić information content (AvgIpc) is 2.76. The molecule has 0 aliphatic heterocycles. The lowest BCUT2D eigenvalue weighted by Crippen LogP contribution is -2.21. The van der Waals surface area contributed by atoms with Gasteiger partial charge in [0.1, 0.15) is 17.1 Å². The standard InChI is InChI=1S/C20H15F6N5O2/c21-19(22,23)11-33-16-5-6-27-10-15(16)30-17(32)14-4-7-28-18(31-14)29-9-12-2-1-3-13(8-12)20(24,25)26/h1-8,10H,9,11H2,(H,30,32)(H,28,29,31). The van der Waals surface area contributed by atoms with E-state index in [1.54, 1.807) is 0 Å². The molecule has 0 saturated carbocycles. The zero-order valence-corrected chi connectivity index (χ0v) is 16.5. The van der Waals surface area contributed by atoms with Gasteiger partial charge in [-0.2, -0.15) is 26.3 Å². The van der Waals surface area contributed by atoms with Gasteiger partial charge in [0.2, 0.25) is 5.95 Å². The van der Waals surface area contributed by atoms with E-state index in [0.29, 0.717) is 5.56 Å². The maximum atomic E-state index is 12.8. The number of hydrogen-bond donors (Lipinski definition) is 2. The van der Waals surface area contributed by atoms with Crippen molar-refractivity contribution in [2.45, 2.75) is 18.9 Å². The Balaban J connectivity index is 1.67. The highest BCUT2D eigenvalue weighted by Crippen LogP contribution is 2.29. The summed E-state index contributed by atoms with van der Waals surface area (Å²) in [5.41, 5.74) is -0.757. The molecule has 2 aromatic heterocycles. The summed E-state index contributed by atoms with van der Waals surface area (Å²) < 4.78 is 80.4. The molecule has 3 rings (SSSR count). The molecule has 0 saturated heterocycles. The molecule has 3 aromatic rings. The number of carbonyl (C=O) groups is 1. The Hall–Kier alpha value is -3.90. The Bertz CT molecular complexity index is 1120. The van der Waals surface area contributed by atoms with Crippen LogP contribution >= 0.6 is 0 Å². The second-order valence-corrected chi connectivity index (χ2v) is 6.55. The molecule has 2 N–H and O–H groups in total. The number of halogens is 6. The number of amides is 1. The molecular formula is C20H15F6N5O2. The predicted molar refractivity (Wildman–Crippen MR) is 105 cm³/mol. The van der Waals surface area contributed by atoms with Crippen LogP contribution in [-0.4, -0.2) is 33.6 Å². The molecule has 0 radical (unpaired) electrons. The number of anilines is 2. The first kappa shape index (κ1) is 23.8. The molecule has 7 nitrogen and oxygen atoms in total. The van der Waals surface area contributed by atoms with Crippen LogP contribution in [0.4, 0.5) is 38.0 Å². The van der Waals surface area contributed by atoms with Crippen molar-refractivity contribution in [1.29, 1.82) is 0 Å². The average molecular weight is 471 g/mol. The monoisotopic (exact) mass is 471 g/mol. The van der Waals surface area contributed by atoms with Crippen molar-refractivity contribution in [3.05, 3.63) is 71.8 Å². The predicted octanol–water partition coefficient (Wildman–Crippen LogP) is 4.70. The molecular weight excluding hydrogens is 456 g/mol. The van der Waals surface area contributed by atoms with Crippen LogP contribution in [0.1, 0.15) is 21.6 Å². The number of rotatable bonds is 7. The van der Waals surface area contributed by atoms with Crippen LogP contribution in [0.5, 0.6) is 5.75 Å². The third-order valence-corrected chi connectivity index (χ3v) is 4.01. The maximum absolute atomic E-state index is 12.8. The lowest BCUT2D eigenvalue weighted by Gasteiger charge is -2.13. The van der Waals surface area contributed by atoms with Crippen LogP contribution in [0.3, 0.4) is 0 Å². The van der Waals surface area contributed by atoms with Gasteiger partial charge in [0.15, 0.2) is 6.61 Å². The van der Waals surface area contributed by atoms with E-state index in [2.05, 4.69) is 30.3 Å². The number of pyridine rings is 1. The van der Waals surface area contributed by atoms with E-state index in [4.69, 9.17) is 0 Å². The second-order valence-electron chi connectivity index (χ2n) is 6.55. The van der Waals surface area contributed by atoms with Gasteiger partial charge in [-0.15, -0.1) is 0 Å². The number of ether oxygens (including phenoxy) is 1. The molecule has 0 aliphatic rings. The SMILES string of the molecule is O=C(Nc1cnccc1OCC(F)(F)F)c1ccnc(NCc2cccc(C(F)(F)F)c2)n1. The van der Waals surface area contributed by atoms with Crippen molar-refractivity contribution in [3.8, 4) is 5.75 Å². The second kappa shape index (κ2) is 9.71. The number of aromatic nitrogens is 3. The summed E-state index contributed by atoms with van der Waals surface area (Å²) >= 11 is 0. The topological polar surface area (TPSA) is 89.0 Å². The van der Waals surface area contributed by atoms with Crippen LogP contribution in [0.2, 0.25) is 0 Å². The lowest BCUT2D eigenvalue weighted by atomic mass is 10.1. The highest BCUT2D eigenvalue weighted by atomic mass is 19.4. The van der Waals surface area contributed by atoms with Crippen LogP contribution in [0.15, 0.2) is 55.0 Å². The zero-order valence-electron chi connectivity index (χ0n) is 16.5. The summed E-state index contributed by atoms with van der Waals surface area (Å²) in [6.07, 6.45) is -5.52. The van der Waals surface area contributed by atoms with Crippen LogP contribution in [0.25, 0.3) is 0 Å². The fourth-order valence-corrected chi connectivity index (χ4v) is 2.56. The normalized spacial score (nSPS) is 11.7. The van der Waals surface area contributed by atoms with Crippen LogP contribution in [-0.2, 0) is 12.7 Å². The van der Waals surface area contributed by atoms with E-state index in [1.165, 1.54) is 30.6 Å². The fourth-order valence-electron chi connectivity index (χ4n) is 2.56. The Morgan fingerprint density at radius 2 is 1.82 bits per heavy atom. The number of alkyl halides is 6. The van der Waals surface area contributed by atoms with Crippen LogP contribution in [0, 0.1) is 0 Å². The van der Waals surface area contributed by atoms with Crippen molar-refractivity contribution in [2.24, 2.45) is 0 Å². The minimum Gasteiger partial charge on any atom is -0.482 e. The van der Waals surface area contributed by atoms with Crippen molar-refractivity contribution in [2.75, 3.05) is 17.2 Å². The Morgan fingerprint density at radius 3 is 2.55 bits per heavy atom. The molecule has 1 aromatic carbocycles. The quantitative estimate of drug-likeness (QED) is 0.486. The Kier molecular flexibility index (Phi) is 6.99. The first-order valence-electron chi connectivity index (χ1n) is 9.19. The molecule has 0 bridgehead atoms. The molecule has 0 aliphatic carbocycles. The minimum absolute atomic E-state index is 0.0419. The third kappa shape index (κ3) is 7.05. The molecule has 2 heterocycles. The van der Waals surface area contributed by atoms with Gasteiger partial charge in [-0.3, -0.25) is 9.78 Å². The van der Waals surface area contributed by atoms with Gasteiger partial charge in [-0.25, -0.2) is 9.97 Å². The van der Waals surface area contributed by atoms with Gasteiger partial charge < -0.3 is 15.4 Å². The van der Waals surface area contributed by atoms with Crippen molar-refractivity contribution < 1.29 is 35.9 Å². The Morgan fingerprint density at radius 1 is 1.03 bits per heavy atom. The summed E-state index contributed by atoms with van der Waals surface area (Å²) in [7, 11) is 0. The molecule has 0 spiro atoms. The smallest absolute Gasteiger partial charge is 0.422 e. The molecule has 0 atom stereocenters. The van der Waals surface area contributed by atoms with Gasteiger partial charge in [-0.05, 0) is 23.8 Å². The van der Waals surface area contributed by atoms with Crippen molar-refractivity contribution in [1.82, 2.24) is 15.0 Å². The van der Waals surface area contributed by atoms with Gasteiger partial charge >= 0.3 is 12.4 Å². The van der Waals surface area contributed by atoms with Gasteiger partial charge in [0.25, 0.3) is 5.91 Å². The summed E-state index contributed by atoms with van der Waals surface area (Å²) in [6, 6.07) is 7.05. The first-order valence-corrected chi connectivity index (χ1v) is 9.19. The van der Waals surface area contributed by atoms with E-state index >= 15 is 0 Å². The van der Waals surface area contributed by atoms with Crippen molar-refractivity contribution in [3.63, 3.8) is 0 Å². The van der Waals surface area contributed by atoms with Crippen LogP contribution < -0.4 is 15.4 Å². The lowest BCUT2D eigenvalue weighted by molar-refractivity contribution is -0.153. The van der Waals surface area contributed by atoms with Gasteiger partial charge in [-0.1, -0.05) is 12.1 Å². The Labute approximate surface area is 182 Å². The summed E-state index contributed by atoms with van der Waals surface area (Å²) in [6.45, 7) is -1.61. The van der Waals surface area contributed by atoms with E-state index in [0.717, 1.165) is 24.4 Å². The largest absolute Gasteiger partial charge is 0.482 e. The van der Waals surface area contributed by atoms with E-state index in [-0.39, 0.29) is 29.6 Å². The third-order valence-electron chi connectivity index (χ3n) is 4.01. The number of hydrogen-bond acceptors (Lipinski definition) is 6. The zero-order chi connectivity index (χ0) is 24.1. The van der Waals surface area contributed by atoms with Crippen molar-refractivity contribution >= 4 is 17.5 Å². The van der Waals surface area contributed by atoms with E-state index in [1.807, 2.05) is 0 Å². The summed E-state index contributed by atoms with van der Waals surface area (Å²) in [5, 5.41) is 5.07. The fraction of sp³-hybridized carbons (Fsp3) is 0.200. The van der Waals surface area contributed by atoms with E-state index in [9.17, 15) is 31.1 Å². The highest BCUT2D eigenvalue weighted by Gasteiger charge is 2.30. The van der Waals surface area contributed by atoms with Gasteiger partial charge in [0, 0.05) is 25.0 Å². The number of carbonyl (C=O) groups excluding carboxylic acids is 1. The number of nitrogens with zero attached hydrogens (tertiary/aromatic N) is 3. The minimum atomic E-state index is -4.57. The highest BCUT2D eigenvalue weighted by molar-refractivity contribution is 6.03. The summed E-state index contributed by atoms with van der Waals surface area (Å²) in [4.78, 5) is 24.1. The molecule has 13 heteroatoms. The first-order chi connectivity index (χ1) is 15.5. The summed E-state index contributed by atoms with van der Waals surface area (Å²) in [5.74, 6) is -1.07. The van der Waals surface area contributed by atoms with Gasteiger partial charge in [0.05, 0.1) is 11.8 Å². The number of nitrogens with one attached hydrogen (secondary N) is 2. The molecule has 174 valence electrons. The molecule has 0 unspecified atom stereocenters. The maximum Gasteiger partial charge on any atom is 0.422 e. The molecule has 33 heavy (non-hydrogen) atoms. The van der Waals surface area contributed by atoms with E-state index < -0.39 is 30.4 Å². The molecule has 0 fully saturated rings. The number of benzene rings is 1.